The van der Waals surface area contributed by atoms with Gasteiger partial charge < -0.3 is 4.52 Å². The molecule has 4 rings (SSSR count). The lowest BCUT2D eigenvalue weighted by molar-refractivity contribution is 0.217. The quantitative estimate of drug-likeness (QED) is 0.666. The van der Waals surface area contributed by atoms with Crippen LogP contribution in [0.4, 0.5) is 4.39 Å². The first-order valence-corrected chi connectivity index (χ1v) is 9.33. The van der Waals surface area contributed by atoms with E-state index in [1.165, 1.54) is 10.4 Å². The summed E-state index contributed by atoms with van der Waals surface area (Å²) in [5.74, 6) is -0.0187. The molecule has 0 atom stereocenters. The van der Waals surface area contributed by atoms with Gasteiger partial charge in [-0.2, -0.15) is 9.29 Å². The van der Waals surface area contributed by atoms with Gasteiger partial charge in [0.1, 0.15) is 5.82 Å². The van der Waals surface area contributed by atoms with E-state index in [0.29, 0.717) is 11.7 Å². The maximum Gasteiger partial charge on any atom is 0.243 e. The Bertz CT molecular complexity index is 1050. The lowest BCUT2D eigenvalue weighted by Gasteiger charge is -2.35. The highest BCUT2D eigenvalue weighted by Crippen LogP contribution is 2.32. The zero-order chi connectivity index (χ0) is 18.3. The van der Waals surface area contributed by atoms with Crippen LogP contribution in [0.25, 0.3) is 11.6 Å². The monoisotopic (exact) mass is 395 g/mol. The minimum absolute atomic E-state index is 0.0637. The first-order chi connectivity index (χ1) is 12.4. The van der Waals surface area contributed by atoms with E-state index >= 15 is 0 Å². The molecule has 0 amide bonds. The Kier molecular flexibility index (Phi) is 4.17. The van der Waals surface area contributed by atoms with Gasteiger partial charge in [-0.05, 0) is 24.3 Å². The van der Waals surface area contributed by atoms with Crippen LogP contribution in [0.5, 0.6) is 0 Å². The standard InChI is InChI=1S/C15H11ClFN5O3S/c16-11-6-10(2-3-12(11)17)26(23,24)22-7-9(8-22)15-20-14(21-25-15)13-18-4-1-5-19-13/h1-6,9H,7-8H2. The highest BCUT2D eigenvalue weighted by molar-refractivity contribution is 7.89. The van der Waals surface area contributed by atoms with Crippen LogP contribution in [0.1, 0.15) is 11.8 Å². The van der Waals surface area contributed by atoms with Crippen LogP contribution in [-0.4, -0.2) is 45.9 Å². The van der Waals surface area contributed by atoms with Crippen LogP contribution in [0.15, 0.2) is 46.1 Å². The topological polar surface area (TPSA) is 102 Å². The van der Waals surface area contributed by atoms with E-state index in [1.807, 2.05) is 0 Å². The molecule has 0 unspecified atom stereocenters. The third-order valence-corrected chi connectivity index (χ3v) is 6.05. The molecule has 1 saturated heterocycles. The van der Waals surface area contributed by atoms with Gasteiger partial charge in [-0.3, -0.25) is 0 Å². The molecule has 3 heterocycles. The molecule has 0 aliphatic carbocycles. The van der Waals surface area contributed by atoms with E-state index in [9.17, 15) is 12.8 Å². The molecule has 134 valence electrons. The molecule has 1 aliphatic rings. The lowest BCUT2D eigenvalue weighted by Crippen LogP contribution is -2.48. The largest absolute Gasteiger partial charge is 0.338 e. The van der Waals surface area contributed by atoms with Crippen LogP contribution in [0, 0.1) is 5.82 Å². The van der Waals surface area contributed by atoms with Crippen molar-refractivity contribution >= 4 is 21.6 Å². The first kappa shape index (κ1) is 17.0. The minimum atomic E-state index is -3.76. The molecular weight excluding hydrogens is 385 g/mol. The summed E-state index contributed by atoms with van der Waals surface area (Å²) in [6, 6.07) is 4.97. The van der Waals surface area contributed by atoms with Gasteiger partial charge in [-0.25, -0.2) is 22.8 Å². The molecular formula is C15H11ClFN5O3S. The number of rotatable bonds is 4. The summed E-state index contributed by atoms with van der Waals surface area (Å²) >= 11 is 5.67. The van der Waals surface area contributed by atoms with Gasteiger partial charge in [-0.1, -0.05) is 16.8 Å². The highest BCUT2D eigenvalue weighted by Gasteiger charge is 2.40. The predicted octanol–water partition coefficient (Wildman–Crippen LogP) is 2.11. The Morgan fingerprint density at radius 1 is 1.19 bits per heavy atom. The molecule has 11 heteroatoms. The maximum atomic E-state index is 13.2. The smallest absolute Gasteiger partial charge is 0.243 e. The van der Waals surface area contributed by atoms with Gasteiger partial charge in [-0.15, -0.1) is 0 Å². The normalized spacial score (nSPS) is 15.8. The first-order valence-electron chi connectivity index (χ1n) is 7.51. The van der Waals surface area contributed by atoms with Gasteiger partial charge >= 0.3 is 0 Å². The van der Waals surface area contributed by atoms with Gasteiger partial charge in [0, 0.05) is 25.5 Å². The van der Waals surface area contributed by atoms with Crippen LogP contribution in [0.2, 0.25) is 5.02 Å². The van der Waals surface area contributed by atoms with Crippen molar-refractivity contribution in [2.75, 3.05) is 13.1 Å². The zero-order valence-electron chi connectivity index (χ0n) is 13.1. The summed E-state index contributed by atoms with van der Waals surface area (Å²) in [6.45, 7) is 0.350. The van der Waals surface area contributed by atoms with Gasteiger partial charge in [0.05, 0.1) is 15.8 Å². The number of nitrogens with zero attached hydrogens (tertiary/aromatic N) is 5. The van der Waals surface area contributed by atoms with Crippen molar-refractivity contribution in [1.29, 1.82) is 0 Å². The van der Waals surface area contributed by atoms with Gasteiger partial charge in [0.2, 0.25) is 27.6 Å². The number of benzene rings is 1. The number of hydrogen-bond acceptors (Lipinski definition) is 7. The zero-order valence-corrected chi connectivity index (χ0v) is 14.7. The molecule has 0 radical (unpaired) electrons. The molecule has 8 nitrogen and oxygen atoms in total. The second-order valence-electron chi connectivity index (χ2n) is 5.62. The average Bonchev–Trinajstić information content (AvgIpc) is 3.06. The molecule has 0 saturated carbocycles. The Morgan fingerprint density at radius 2 is 1.92 bits per heavy atom. The number of aromatic nitrogens is 4. The molecule has 2 aromatic heterocycles. The van der Waals surface area contributed by atoms with Gasteiger partial charge in [0.25, 0.3) is 0 Å². The van der Waals surface area contributed by atoms with Crippen LogP contribution in [0.3, 0.4) is 0 Å². The molecule has 0 N–H and O–H groups in total. The Balaban J connectivity index is 1.48. The summed E-state index contributed by atoms with van der Waals surface area (Å²) < 4.78 is 44.7. The van der Waals surface area contributed by atoms with Crippen molar-refractivity contribution in [3.8, 4) is 11.6 Å². The maximum absolute atomic E-state index is 13.2. The van der Waals surface area contributed by atoms with Crippen molar-refractivity contribution in [3.05, 3.63) is 53.4 Å². The van der Waals surface area contributed by atoms with E-state index in [4.69, 9.17) is 16.1 Å². The molecule has 1 aromatic carbocycles. The molecule has 1 aliphatic heterocycles. The summed E-state index contributed by atoms with van der Waals surface area (Å²) in [7, 11) is -3.76. The molecule has 1 fully saturated rings. The fourth-order valence-electron chi connectivity index (χ4n) is 2.48. The summed E-state index contributed by atoms with van der Waals surface area (Å²) in [6.07, 6.45) is 3.12. The van der Waals surface area contributed by atoms with E-state index in [-0.39, 0.29) is 34.7 Å². The number of halogens is 2. The van der Waals surface area contributed by atoms with Crippen LogP contribution in [-0.2, 0) is 10.0 Å². The van der Waals surface area contributed by atoms with Gasteiger partial charge in [0.15, 0.2) is 0 Å². The van der Waals surface area contributed by atoms with Crippen molar-refractivity contribution < 1.29 is 17.3 Å². The summed E-state index contributed by atoms with van der Waals surface area (Å²) in [5.41, 5.74) is 0. The average molecular weight is 396 g/mol. The SMILES string of the molecule is O=S(=O)(c1ccc(F)c(Cl)c1)N1CC(c2nc(-c3ncccn3)no2)C1. The van der Waals surface area contributed by atoms with Crippen molar-refractivity contribution in [2.45, 2.75) is 10.8 Å². The number of sulfonamides is 1. The Hall–Kier alpha value is -2.43. The van der Waals surface area contributed by atoms with E-state index in [2.05, 4.69) is 20.1 Å². The van der Waals surface area contributed by atoms with Crippen LogP contribution >= 0.6 is 11.6 Å². The van der Waals surface area contributed by atoms with Crippen molar-refractivity contribution in [2.24, 2.45) is 0 Å². The molecule has 0 bridgehead atoms. The Labute approximate surface area is 152 Å². The second-order valence-corrected chi connectivity index (χ2v) is 7.97. The molecule has 3 aromatic rings. The number of hydrogen-bond donors (Lipinski definition) is 0. The van der Waals surface area contributed by atoms with E-state index in [1.54, 1.807) is 18.5 Å². The van der Waals surface area contributed by atoms with Crippen LogP contribution < -0.4 is 0 Å². The lowest BCUT2D eigenvalue weighted by atomic mass is 10.0. The third-order valence-electron chi connectivity index (χ3n) is 3.93. The Morgan fingerprint density at radius 3 is 2.62 bits per heavy atom. The minimum Gasteiger partial charge on any atom is -0.338 e. The molecule has 0 spiro atoms. The predicted molar refractivity (Wildman–Crippen MR) is 88.2 cm³/mol. The van der Waals surface area contributed by atoms with Crippen molar-refractivity contribution in [3.63, 3.8) is 0 Å². The third kappa shape index (κ3) is 2.96. The summed E-state index contributed by atoms with van der Waals surface area (Å²) in [5, 5.41) is 3.57. The van der Waals surface area contributed by atoms with Crippen molar-refractivity contribution in [1.82, 2.24) is 24.4 Å². The van der Waals surface area contributed by atoms with E-state index in [0.717, 1.165) is 12.1 Å². The second kappa shape index (κ2) is 6.38. The molecule has 26 heavy (non-hydrogen) atoms. The fraction of sp³-hybridized carbons (Fsp3) is 0.200. The van der Waals surface area contributed by atoms with E-state index < -0.39 is 15.8 Å². The highest BCUT2D eigenvalue weighted by atomic mass is 35.5. The summed E-state index contributed by atoms with van der Waals surface area (Å²) in [4.78, 5) is 12.2. The fourth-order valence-corrected chi connectivity index (χ4v) is 4.29.